The molecule has 5 heteroatoms. The molecule has 0 saturated heterocycles. The minimum Gasteiger partial charge on any atom is -0.379 e. The largest absolute Gasteiger partial charge is 0.379 e. The van der Waals surface area contributed by atoms with Gasteiger partial charge in [-0.25, -0.2) is 4.39 Å². The van der Waals surface area contributed by atoms with Crippen LogP contribution in [0.5, 0.6) is 0 Å². The zero-order chi connectivity index (χ0) is 11.5. The van der Waals surface area contributed by atoms with Crippen molar-refractivity contribution in [2.45, 2.75) is 13.5 Å². The van der Waals surface area contributed by atoms with E-state index in [-0.39, 0.29) is 5.82 Å². The summed E-state index contributed by atoms with van der Waals surface area (Å²) >= 11 is 5.74. The summed E-state index contributed by atoms with van der Waals surface area (Å²) in [6.45, 7) is 2.52. The molecule has 0 unspecified atom stereocenters. The number of aromatic amines is 1. The summed E-state index contributed by atoms with van der Waals surface area (Å²) in [5.41, 5.74) is 2.69. The standard InChI is InChI=1S/C11H11ClFN3/c1-7-5-15-16-11(7)6-14-10-3-8(12)2-9(13)4-10/h2-5,14H,6H2,1H3,(H,15,16). The molecule has 2 rings (SSSR count). The highest BCUT2D eigenvalue weighted by Crippen LogP contribution is 2.18. The molecule has 0 radical (unpaired) electrons. The molecule has 0 fully saturated rings. The molecule has 2 N–H and O–H groups in total. The highest BCUT2D eigenvalue weighted by Gasteiger charge is 2.02. The van der Waals surface area contributed by atoms with Crippen LogP contribution in [-0.2, 0) is 6.54 Å². The van der Waals surface area contributed by atoms with Gasteiger partial charge in [0, 0.05) is 10.7 Å². The van der Waals surface area contributed by atoms with Crippen molar-refractivity contribution >= 4 is 17.3 Å². The van der Waals surface area contributed by atoms with Gasteiger partial charge < -0.3 is 5.32 Å². The number of hydrogen-bond donors (Lipinski definition) is 2. The maximum Gasteiger partial charge on any atom is 0.126 e. The molecule has 0 atom stereocenters. The highest BCUT2D eigenvalue weighted by molar-refractivity contribution is 6.30. The van der Waals surface area contributed by atoms with Gasteiger partial charge in [0.25, 0.3) is 0 Å². The van der Waals surface area contributed by atoms with E-state index in [2.05, 4.69) is 15.5 Å². The zero-order valence-electron chi connectivity index (χ0n) is 8.72. The van der Waals surface area contributed by atoms with Crippen molar-refractivity contribution in [1.82, 2.24) is 10.2 Å². The number of anilines is 1. The second-order valence-electron chi connectivity index (χ2n) is 3.54. The Balaban J connectivity index is 2.07. The van der Waals surface area contributed by atoms with E-state index in [0.717, 1.165) is 11.3 Å². The van der Waals surface area contributed by atoms with E-state index in [9.17, 15) is 4.39 Å². The van der Waals surface area contributed by atoms with Crippen LogP contribution in [0.15, 0.2) is 24.4 Å². The first-order valence-corrected chi connectivity index (χ1v) is 5.22. The van der Waals surface area contributed by atoms with Crippen molar-refractivity contribution in [3.63, 3.8) is 0 Å². The van der Waals surface area contributed by atoms with Gasteiger partial charge in [-0.2, -0.15) is 5.10 Å². The van der Waals surface area contributed by atoms with E-state index in [0.29, 0.717) is 17.3 Å². The molecule has 16 heavy (non-hydrogen) atoms. The van der Waals surface area contributed by atoms with Crippen molar-refractivity contribution in [1.29, 1.82) is 0 Å². The second-order valence-corrected chi connectivity index (χ2v) is 3.98. The van der Waals surface area contributed by atoms with Crippen LogP contribution in [0, 0.1) is 12.7 Å². The van der Waals surface area contributed by atoms with Crippen LogP contribution in [0.4, 0.5) is 10.1 Å². The van der Waals surface area contributed by atoms with Gasteiger partial charge in [-0.15, -0.1) is 0 Å². The molecule has 0 aliphatic rings. The minimum absolute atomic E-state index is 0.351. The Morgan fingerprint density at radius 3 is 2.88 bits per heavy atom. The molecule has 1 heterocycles. The molecule has 1 aromatic heterocycles. The van der Waals surface area contributed by atoms with Crippen molar-refractivity contribution in [3.05, 3.63) is 46.5 Å². The smallest absolute Gasteiger partial charge is 0.126 e. The van der Waals surface area contributed by atoms with Gasteiger partial charge in [0.15, 0.2) is 0 Å². The Bertz CT molecular complexity index is 475. The molecular formula is C11H11ClFN3. The van der Waals surface area contributed by atoms with E-state index in [1.807, 2.05) is 6.92 Å². The van der Waals surface area contributed by atoms with E-state index in [1.54, 1.807) is 12.3 Å². The summed E-state index contributed by atoms with van der Waals surface area (Å²) in [5.74, 6) is -0.351. The summed E-state index contributed by atoms with van der Waals surface area (Å²) in [7, 11) is 0. The Morgan fingerprint density at radius 2 is 2.25 bits per heavy atom. The van der Waals surface area contributed by atoms with Gasteiger partial charge in [0.2, 0.25) is 0 Å². The monoisotopic (exact) mass is 239 g/mol. The Hall–Kier alpha value is -1.55. The molecule has 0 saturated carbocycles. The quantitative estimate of drug-likeness (QED) is 0.864. The fraction of sp³-hybridized carbons (Fsp3) is 0.182. The van der Waals surface area contributed by atoms with Crippen LogP contribution in [0.1, 0.15) is 11.3 Å². The number of H-pyrrole nitrogens is 1. The van der Waals surface area contributed by atoms with E-state index in [1.165, 1.54) is 12.1 Å². The third-order valence-corrected chi connectivity index (χ3v) is 2.48. The number of rotatable bonds is 3. The molecule has 0 amide bonds. The first-order valence-electron chi connectivity index (χ1n) is 4.84. The third-order valence-electron chi connectivity index (χ3n) is 2.27. The van der Waals surface area contributed by atoms with Crippen LogP contribution in [-0.4, -0.2) is 10.2 Å². The molecule has 84 valence electrons. The summed E-state index contributed by atoms with van der Waals surface area (Å²) < 4.78 is 13.0. The molecule has 0 bridgehead atoms. The third kappa shape index (κ3) is 2.52. The Morgan fingerprint density at radius 1 is 1.44 bits per heavy atom. The minimum atomic E-state index is -0.351. The first kappa shape index (κ1) is 11.0. The number of aromatic nitrogens is 2. The molecule has 0 spiro atoms. The van der Waals surface area contributed by atoms with Gasteiger partial charge in [-0.05, 0) is 30.7 Å². The highest BCUT2D eigenvalue weighted by atomic mass is 35.5. The summed E-state index contributed by atoms with van der Waals surface area (Å²) in [6, 6.07) is 4.35. The average molecular weight is 240 g/mol. The van der Waals surface area contributed by atoms with Gasteiger partial charge in [-0.1, -0.05) is 11.6 Å². The normalized spacial score (nSPS) is 10.4. The fourth-order valence-electron chi connectivity index (χ4n) is 1.40. The van der Waals surface area contributed by atoms with Crippen molar-refractivity contribution < 1.29 is 4.39 Å². The van der Waals surface area contributed by atoms with Gasteiger partial charge in [-0.3, -0.25) is 5.10 Å². The lowest BCUT2D eigenvalue weighted by Crippen LogP contribution is -2.01. The predicted molar refractivity (Wildman–Crippen MR) is 62.1 cm³/mol. The SMILES string of the molecule is Cc1cn[nH]c1CNc1cc(F)cc(Cl)c1. The van der Waals surface area contributed by atoms with Crippen LogP contribution >= 0.6 is 11.6 Å². The first-order chi connectivity index (χ1) is 7.65. The molecule has 2 aromatic rings. The second kappa shape index (κ2) is 4.53. The van der Waals surface area contributed by atoms with E-state index < -0.39 is 0 Å². The van der Waals surface area contributed by atoms with E-state index >= 15 is 0 Å². The molecule has 1 aromatic carbocycles. The number of halogens is 2. The lowest BCUT2D eigenvalue weighted by atomic mass is 10.2. The average Bonchev–Trinajstić information content (AvgIpc) is 2.59. The predicted octanol–water partition coefficient (Wildman–Crippen LogP) is 3.12. The maximum atomic E-state index is 13.0. The lowest BCUT2D eigenvalue weighted by Gasteiger charge is -2.06. The van der Waals surface area contributed by atoms with Gasteiger partial charge >= 0.3 is 0 Å². The number of aryl methyl sites for hydroxylation is 1. The van der Waals surface area contributed by atoms with E-state index in [4.69, 9.17) is 11.6 Å². The van der Waals surface area contributed by atoms with Crippen LogP contribution in [0.2, 0.25) is 5.02 Å². The zero-order valence-corrected chi connectivity index (χ0v) is 9.48. The number of nitrogens with zero attached hydrogens (tertiary/aromatic N) is 1. The topological polar surface area (TPSA) is 40.7 Å². The molecule has 3 nitrogen and oxygen atoms in total. The maximum absolute atomic E-state index is 13.0. The van der Waals surface area contributed by atoms with Crippen molar-refractivity contribution in [2.75, 3.05) is 5.32 Å². The van der Waals surface area contributed by atoms with Gasteiger partial charge in [0.1, 0.15) is 5.82 Å². The van der Waals surface area contributed by atoms with Crippen LogP contribution in [0.3, 0.4) is 0 Å². The summed E-state index contributed by atoms with van der Waals surface area (Å²) in [4.78, 5) is 0. The van der Waals surface area contributed by atoms with Crippen LogP contribution in [0.25, 0.3) is 0 Å². The van der Waals surface area contributed by atoms with Crippen molar-refractivity contribution in [3.8, 4) is 0 Å². The van der Waals surface area contributed by atoms with Crippen LogP contribution < -0.4 is 5.32 Å². The summed E-state index contributed by atoms with van der Waals surface area (Å²) in [6.07, 6.45) is 1.75. The lowest BCUT2D eigenvalue weighted by molar-refractivity contribution is 0.628. The molecule has 0 aliphatic carbocycles. The summed E-state index contributed by atoms with van der Waals surface area (Å²) in [5, 5.41) is 10.2. The number of nitrogens with one attached hydrogen (secondary N) is 2. The Kier molecular flexibility index (Phi) is 3.10. The van der Waals surface area contributed by atoms with Crippen molar-refractivity contribution in [2.24, 2.45) is 0 Å². The number of hydrogen-bond acceptors (Lipinski definition) is 2. The fourth-order valence-corrected chi connectivity index (χ4v) is 1.62. The van der Waals surface area contributed by atoms with Gasteiger partial charge in [0.05, 0.1) is 18.4 Å². The molecular weight excluding hydrogens is 229 g/mol. The Labute approximate surface area is 97.6 Å². The molecule has 0 aliphatic heterocycles. The number of benzene rings is 1.